The fraction of sp³-hybridized carbons (Fsp3) is 0.0645. The Balaban J connectivity index is 1.65. The van der Waals surface area contributed by atoms with E-state index in [2.05, 4.69) is 125 Å². The van der Waals surface area contributed by atoms with Gasteiger partial charge in [0.25, 0.3) is 0 Å². The van der Waals surface area contributed by atoms with Gasteiger partial charge in [-0.05, 0) is 0 Å². The van der Waals surface area contributed by atoms with Crippen LogP contribution in [0, 0.1) is 0 Å². The Bertz CT molecular complexity index is 1860. The number of aromatic nitrogens is 2. The van der Waals surface area contributed by atoms with Gasteiger partial charge in [0.2, 0.25) is 0 Å². The van der Waals surface area contributed by atoms with Crippen molar-refractivity contribution in [3.63, 3.8) is 0 Å². The number of hydrogen-bond acceptors (Lipinski definition) is 1. The molecule has 0 saturated carbocycles. The molecular formula is C31H23N2SSe+. The molecule has 3 aromatic heterocycles. The molecule has 4 aromatic carbocycles. The van der Waals surface area contributed by atoms with E-state index in [-0.39, 0.29) is 0 Å². The van der Waals surface area contributed by atoms with E-state index < -0.39 is 0 Å². The summed E-state index contributed by atoms with van der Waals surface area (Å²) in [5.74, 6) is 2.33. The molecule has 0 N–H and O–H groups in total. The zero-order valence-corrected chi connectivity index (χ0v) is 22.1. The van der Waals surface area contributed by atoms with Crippen molar-refractivity contribution in [2.75, 3.05) is 0 Å². The molecule has 168 valence electrons. The number of thiophene rings is 1. The topological polar surface area (TPSA) is 8.81 Å². The van der Waals surface area contributed by atoms with Gasteiger partial charge in [0, 0.05) is 0 Å². The Hall–Kier alpha value is -3.43. The average molecular weight is 535 g/mol. The fourth-order valence-electron chi connectivity index (χ4n) is 5.39. The van der Waals surface area contributed by atoms with Crippen LogP contribution in [0.2, 0.25) is 5.82 Å². The summed E-state index contributed by atoms with van der Waals surface area (Å²) in [5.41, 5.74) is 6.25. The third-order valence-corrected chi connectivity index (χ3v) is 10.2. The first-order valence-electron chi connectivity index (χ1n) is 11.7. The Morgan fingerprint density at radius 2 is 1.26 bits per heavy atom. The zero-order chi connectivity index (χ0) is 23.5. The van der Waals surface area contributed by atoms with Crippen LogP contribution in [0.5, 0.6) is 0 Å². The van der Waals surface area contributed by atoms with Crippen LogP contribution < -0.4 is 9.03 Å². The Labute approximate surface area is 214 Å². The molecule has 4 heteroatoms. The zero-order valence-electron chi connectivity index (χ0n) is 19.5. The number of para-hydroxylation sites is 3. The van der Waals surface area contributed by atoms with Crippen LogP contribution in [0.3, 0.4) is 0 Å². The van der Waals surface area contributed by atoms with E-state index in [4.69, 9.17) is 0 Å². The van der Waals surface area contributed by atoms with Crippen LogP contribution in [0.15, 0.2) is 103 Å². The van der Waals surface area contributed by atoms with Crippen molar-refractivity contribution >= 4 is 73.6 Å². The number of rotatable bonds is 3. The normalized spacial score (nSPS) is 11.8. The summed E-state index contributed by atoms with van der Waals surface area (Å²) in [4.78, 5) is 1.39. The molecule has 0 aliphatic carbocycles. The van der Waals surface area contributed by atoms with Crippen LogP contribution >= 0.6 is 11.3 Å². The number of benzene rings is 4. The molecule has 0 unspecified atom stereocenters. The minimum atomic E-state index is 0.389. The molecule has 0 radical (unpaired) electrons. The van der Waals surface area contributed by atoms with Gasteiger partial charge < -0.3 is 0 Å². The van der Waals surface area contributed by atoms with Gasteiger partial charge in [-0.15, -0.1) is 0 Å². The summed E-state index contributed by atoms with van der Waals surface area (Å²) < 4.78 is 7.71. The maximum atomic E-state index is 2.46. The monoisotopic (exact) mass is 535 g/mol. The molecule has 0 spiro atoms. The van der Waals surface area contributed by atoms with E-state index in [9.17, 15) is 0 Å². The van der Waals surface area contributed by atoms with Crippen molar-refractivity contribution in [2.24, 2.45) is 7.05 Å². The quantitative estimate of drug-likeness (QED) is 0.170. The molecule has 35 heavy (non-hydrogen) atoms. The third kappa shape index (κ3) is 3.04. The molecule has 3 heterocycles. The van der Waals surface area contributed by atoms with E-state index in [1.54, 1.807) is 0 Å². The van der Waals surface area contributed by atoms with Crippen molar-refractivity contribution in [3.8, 4) is 16.3 Å². The SMILES string of the molecule is C[Se]c1c(-c2cc(-n3c4ccccc4c4ccccc43)c3ccccc3[n+]2C)sc2ccccc12. The van der Waals surface area contributed by atoms with E-state index in [1.807, 2.05) is 11.3 Å². The summed E-state index contributed by atoms with van der Waals surface area (Å²) in [6.07, 6.45) is 0. The van der Waals surface area contributed by atoms with Crippen molar-refractivity contribution < 1.29 is 4.57 Å². The fourth-order valence-corrected chi connectivity index (χ4v) is 8.83. The van der Waals surface area contributed by atoms with Gasteiger partial charge >= 0.3 is 215 Å². The molecule has 0 atom stereocenters. The van der Waals surface area contributed by atoms with Crippen LogP contribution in [-0.2, 0) is 7.05 Å². The van der Waals surface area contributed by atoms with Crippen LogP contribution in [0.4, 0.5) is 0 Å². The molecule has 0 aliphatic heterocycles. The molecule has 0 fully saturated rings. The van der Waals surface area contributed by atoms with Gasteiger partial charge in [-0.1, -0.05) is 0 Å². The minimum absolute atomic E-state index is 0.389. The molecule has 0 bridgehead atoms. The summed E-state index contributed by atoms with van der Waals surface area (Å²) in [7, 11) is 2.21. The maximum absolute atomic E-state index is 2.46. The van der Waals surface area contributed by atoms with E-state index in [0.717, 1.165) is 0 Å². The molecule has 2 nitrogen and oxygen atoms in total. The summed E-state index contributed by atoms with van der Waals surface area (Å²) in [6.45, 7) is 0. The first-order chi connectivity index (χ1) is 17.3. The van der Waals surface area contributed by atoms with Gasteiger partial charge in [0.05, 0.1) is 0 Å². The van der Waals surface area contributed by atoms with Crippen molar-refractivity contribution in [2.45, 2.75) is 5.82 Å². The Morgan fingerprint density at radius 1 is 0.686 bits per heavy atom. The number of pyridine rings is 1. The van der Waals surface area contributed by atoms with Crippen LogP contribution in [0.25, 0.3) is 59.1 Å². The van der Waals surface area contributed by atoms with Crippen molar-refractivity contribution in [3.05, 3.63) is 103 Å². The van der Waals surface area contributed by atoms with Gasteiger partial charge in [0.15, 0.2) is 0 Å². The van der Waals surface area contributed by atoms with E-state index in [0.29, 0.717) is 15.0 Å². The number of hydrogen-bond donors (Lipinski definition) is 0. The predicted octanol–water partition coefficient (Wildman–Crippen LogP) is 7.02. The summed E-state index contributed by atoms with van der Waals surface area (Å²) in [5, 5.41) is 5.25. The third-order valence-electron chi connectivity index (χ3n) is 6.98. The van der Waals surface area contributed by atoms with E-state index in [1.165, 1.54) is 63.5 Å². The molecule has 0 amide bonds. The van der Waals surface area contributed by atoms with Gasteiger partial charge in [-0.3, -0.25) is 0 Å². The van der Waals surface area contributed by atoms with E-state index >= 15 is 0 Å². The first kappa shape index (κ1) is 20.9. The average Bonchev–Trinajstić information content (AvgIpc) is 3.45. The van der Waals surface area contributed by atoms with Crippen LogP contribution in [-0.4, -0.2) is 19.5 Å². The molecule has 0 saturated heterocycles. The standard InChI is InChI=1S/C31H23N2SSe/c1-32-24-15-7-5-13-22(24)27(19-28(32)30-31(35-2)23-14-6-10-18-29(23)34-30)33-25-16-8-3-11-20(25)21-12-4-9-17-26(21)33/h3-19H,1-2H3/q+1. The Morgan fingerprint density at radius 3 is 1.94 bits per heavy atom. The molecular weight excluding hydrogens is 511 g/mol. The van der Waals surface area contributed by atoms with Crippen molar-refractivity contribution in [1.82, 2.24) is 4.57 Å². The summed E-state index contributed by atoms with van der Waals surface area (Å²) in [6, 6.07) is 37.6. The second kappa shape index (κ2) is 8.06. The Kier molecular flexibility index (Phi) is 4.82. The second-order valence-corrected chi connectivity index (χ2v) is 11.6. The predicted molar refractivity (Wildman–Crippen MR) is 152 cm³/mol. The van der Waals surface area contributed by atoms with Gasteiger partial charge in [-0.2, -0.15) is 0 Å². The van der Waals surface area contributed by atoms with Crippen LogP contribution in [0.1, 0.15) is 0 Å². The van der Waals surface area contributed by atoms with Crippen molar-refractivity contribution in [1.29, 1.82) is 0 Å². The van der Waals surface area contributed by atoms with Gasteiger partial charge in [0.1, 0.15) is 0 Å². The second-order valence-electron chi connectivity index (χ2n) is 8.82. The number of nitrogens with zero attached hydrogens (tertiary/aromatic N) is 2. The molecule has 0 aliphatic rings. The molecule has 7 aromatic rings. The number of aryl methyl sites for hydroxylation is 1. The number of fused-ring (bicyclic) bond motifs is 5. The molecule has 7 rings (SSSR count). The first-order valence-corrected chi connectivity index (χ1v) is 15.1. The van der Waals surface area contributed by atoms with Gasteiger partial charge in [-0.25, -0.2) is 0 Å². The summed E-state index contributed by atoms with van der Waals surface area (Å²) >= 11 is 2.31.